The van der Waals surface area contributed by atoms with Crippen molar-refractivity contribution in [2.75, 3.05) is 12.3 Å². The highest BCUT2D eigenvalue weighted by Crippen LogP contribution is 2.16. The van der Waals surface area contributed by atoms with Gasteiger partial charge >= 0.3 is 5.97 Å². The molecule has 116 valence electrons. The average molecular weight is 293 g/mol. The largest absolute Gasteiger partial charge is 0.462 e. The molecule has 6 nitrogen and oxygen atoms in total. The van der Waals surface area contributed by atoms with Crippen molar-refractivity contribution in [2.24, 2.45) is 0 Å². The van der Waals surface area contributed by atoms with Gasteiger partial charge in [-0.25, -0.2) is 9.78 Å². The number of ether oxygens (including phenoxy) is 1. The summed E-state index contributed by atoms with van der Waals surface area (Å²) in [6, 6.07) is 2.99. The summed E-state index contributed by atoms with van der Waals surface area (Å²) in [6.45, 7) is 9.88. The van der Waals surface area contributed by atoms with Gasteiger partial charge in [-0.3, -0.25) is 4.79 Å². The number of H-pyrrole nitrogens is 1. The van der Waals surface area contributed by atoms with E-state index in [-0.39, 0.29) is 12.2 Å². The number of rotatable bonds is 2. The van der Waals surface area contributed by atoms with Crippen LogP contribution >= 0.6 is 0 Å². The van der Waals surface area contributed by atoms with Gasteiger partial charge in [0, 0.05) is 17.3 Å². The fourth-order valence-electron chi connectivity index (χ4n) is 1.48. The van der Waals surface area contributed by atoms with Crippen LogP contribution in [0.15, 0.2) is 23.1 Å². The molecule has 2 aromatic rings. The first-order chi connectivity index (χ1) is 10.1. The topological polar surface area (TPSA) is 98.1 Å². The Morgan fingerprint density at radius 3 is 2.52 bits per heavy atom. The third-order valence-corrected chi connectivity index (χ3v) is 2.28. The molecule has 21 heavy (non-hydrogen) atoms. The highest BCUT2D eigenvalue weighted by Gasteiger charge is 2.13. The van der Waals surface area contributed by atoms with Crippen LogP contribution in [0.4, 0.5) is 5.69 Å². The zero-order valence-electron chi connectivity index (χ0n) is 13.2. The van der Waals surface area contributed by atoms with E-state index in [1.165, 1.54) is 12.3 Å². The first-order valence-corrected chi connectivity index (χ1v) is 7.08. The molecule has 0 aliphatic rings. The Hall–Kier alpha value is -2.37. The number of fused-ring (bicyclic) bond motifs is 1. The van der Waals surface area contributed by atoms with Crippen molar-refractivity contribution >= 4 is 22.7 Å². The minimum Gasteiger partial charge on any atom is -0.462 e. The lowest BCUT2D eigenvalue weighted by Crippen LogP contribution is -2.20. The molecule has 0 saturated carbocycles. The van der Waals surface area contributed by atoms with Crippen LogP contribution in [0, 0.1) is 0 Å². The first-order valence-electron chi connectivity index (χ1n) is 7.08. The Morgan fingerprint density at radius 1 is 1.33 bits per heavy atom. The van der Waals surface area contributed by atoms with Crippen molar-refractivity contribution in [1.82, 2.24) is 9.97 Å². The second-order valence-electron chi connectivity index (χ2n) is 3.40. The van der Waals surface area contributed by atoms with Gasteiger partial charge < -0.3 is 15.5 Å². The molecular weight excluding hydrogens is 270 g/mol. The number of nitrogen functional groups attached to an aromatic ring is 1. The molecule has 3 N–H and O–H groups in total. The predicted octanol–water partition coefficient (Wildman–Crippen LogP) is 2.73. The number of nitrogens with one attached hydrogen (secondary N) is 1. The summed E-state index contributed by atoms with van der Waals surface area (Å²) in [5, 5.41) is 0.523. The highest BCUT2D eigenvalue weighted by molar-refractivity contribution is 5.96. The second-order valence-corrected chi connectivity index (χ2v) is 3.40. The van der Waals surface area contributed by atoms with E-state index in [9.17, 15) is 9.59 Å². The van der Waals surface area contributed by atoms with Gasteiger partial charge in [0.15, 0.2) is 0 Å². The number of anilines is 1. The fourth-order valence-corrected chi connectivity index (χ4v) is 1.48. The van der Waals surface area contributed by atoms with E-state index >= 15 is 0 Å². The van der Waals surface area contributed by atoms with Gasteiger partial charge in [0.1, 0.15) is 11.2 Å². The normalized spacial score (nSPS) is 9.00. The second kappa shape index (κ2) is 9.52. The number of carbonyl (C=O) groups is 1. The van der Waals surface area contributed by atoms with Crippen molar-refractivity contribution in [1.29, 1.82) is 0 Å². The molecule has 0 radical (unpaired) electrons. The Labute approximate surface area is 124 Å². The lowest BCUT2D eigenvalue weighted by molar-refractivity contribution is 0.0524. The SMILES string of the molecule is CC.CC.CCOC(=O)c1cc2c(N)ccnc2[nH]c1=O. The molecule has 0 aliphatic carbocycles. The molecule has 0 saturated heterocycles. The Bertz CT molecular complexity index is 636. The smallest absolute Gasteiger partial charge is 0.343 e. The van der Waals surface area contributed by atoms with Crippen molar-refractivity contribution in [3.05, 3.63) is 34.2 Å². The number of nitrogens with zero attached hydrogens (tertiary/aromatic N) is 1. The van der Waals surface area contributed by atoms with E-state index in [4.69, 9.17) is 10.5 Å². The van der Waals surface area contributed by atoms with Crippen molar-refractivity contribution < 1.29 is 9.53 Å². The van der Waals surface area contributed by atoms with Crippen molar-refractivity contribution in [3.8, 4) is 0 Å². The molecule has 0 atom stereocenters. The highest BCUT2D eigenvalue weighted by atomic mass is 16.5. The molecule has 2 heterocycles. The molecule has 6 heteroatoms. The molecule has 0 aliphatic heterocycles. The lowest BCUT2D eigenvalue weighted by Gasteiger charge is -2.04. The van der Waals surface area contributed by atoms with Gasteiger partial charge in [0.2, 0.25) is 0 Å². The Balaban J connectivity index is 0.000000921. The quantitative estimate of drug-likeness (QED) is 0.829. The minimum absolute atomic E-state index is 0.0703. The monoisotopic (exact) mass is 293 g/mol. The molecule has 0 spiro atoms. The standard InChI is InChI=1S/C11H11N3O3.2C2H6/c1-2-17-11(16)7-5-6-8(12)3-4-13-9(6)14-10(7)15;2*1-2/h3-5H,2H2,1H3,(H3,12,13,14,15);2*1-2H3. The van der Waals surface area contributed by atoms with E-state index in [2.05, 4.69) is 9.97 Å². The molecule has 0 bridgehead atoms. The van der Waals surface area contributed by atoms with E-state index in [0.717, 1.165) is 0 Å². The number of pyridine rings is 2. The summed E-state index contributed by atoms with van der Waals surface area (Å²) in [5.74, 6) is -0.668. The third kappa shape index (κ3) is 4.59. The van der Waals surface area contributed by atoms with E-state index in [1.54, 1.807) is 13.0 Å². The van der Waals surface area contributed by atoms with Crippen LogP contribution in [0.2, 0.25) is 0 Å². The van der Waals surface area contributed by atoms with Gasteiger partial charge in [0.05, 0.1) is 6.61 Å². The lowest BCUT2D eigenvalue weighted by atomic mass is 10.2. The number of nitrogens with two attached hydrogens (primary N) is 1. The summed E-state index contributed by atoms with van der Waals surface area (Å²) in [4.78, 5) is 29.6. The number of esters is 1. The molecule has 0 aromatic carbocycles. The van der Waals surface area contributed by atoms with E-state index in [0.29, 0.717) is 16.7 Å². The summed E-state index contributed by atoms with van der Waals surface area (Å²) < 4.78 is 4.78. The maximum Gasteiger partial charge on any atom is 0.343 e. The van der Waals surface area contributed by atoms with Gasteiger partial charge in [-0.15, -0.1) is 0 Å². The van der Waals surface area contributed by atoms with Crippen LogP contribution in [0.25, 0.3) is 11.0 Å². The summed E-state index contributed by atoms with van der Waals surface area (Å²) >= 11 is 0. The number of hydrogen-bond donors (Lipinski definition) is 2. The molecule has 0 unspecified atom stereocenters. The van der Waals surface area contributed by atoms with Gasteiger partial charge in [-0.05, 0) is 19.1 Å². The van der Waals surface area contributed by atoms with Crippen LogP contribution in [0.5, 0.6) is 0 Å². The summed E-state index contributed by atoms with van der Waals surface area (Å²) in [5.41, 5.74) is 5.92. The molecule has 0 fully saturated rings. The van der Waals surface area contributed by atoms with E-state index in [1.807, 2.05) is 27.7 Å². The number of aromatic amines is 1. The predicted molar refractivity (Wildman–Crippen MR) is 85.4 cm³/mol. The average Bonchev–Trinajstić information content (AvgIpc) is 2.51. The van der Waals surface area contributed by atoms with Crippen LogP contribution in [0.3, 0.4) is 0 Å². The molecule has 0 amide bonds. The van der Waals surface area contributed by atoms with Gasteiger partial charge in [0.25, 0.3) is 5.56 Å². The van der Waals surface area contributed by atoms with Crippen LogP contribution in [0.1, 0.15) is 45.0 Å². The first kappa shape index (κ1) is 18.6. The van der Waals surface area contributed by atoms with Crippen LogP contribution in [-0.4, -0.2) is 22.5 Å². The third-order valence-electron chi connectivity index (χ3n) is 2.28. The molecular formula is C15H23N3O3. The number of carbonyl (C=O) groups excluding carboxylic acids is 1. The van der Waals surface area contributed by atoms with Gasteiger partial charge in [-0.2, -0.15) is 0 Å². The number of hydrogen-bond acceptors (Lipinski definition) is 5. The van der Waals surface area contributed by atoms with E-state index < -0.39 is 11.5 Å². The summed E-state index contributed by atoms with van der Waals surface area (Å²) in [6.07, 6.45) is 1.48. The maximum atomic E-state index is 11.6. The zero-order valence-corrected chi connectivity index (χ0v) is 13.2. The fraction of sp³-hybridized carbons (Fsp3) is 0.400. The minimum atomic E-state index is -0.668. The van der Waals surface area contributed by atoms with Crippen molar-refractivity contribution in [2.45, 2.75) is 34.6 Å². The van der Waals surface area contributed by atoms with Crippen molar-refractivity contribution in [3.63, 3.8) is 0 Å². The molecule has 2 rings (SSSR count). The summed E-state index contributed by atoms with van der Waals surface area (Å²) in [7, 11) is 0. The zero-order chi connectivity index (χ0) is 16.4. The van der Waals surface area contributed by atoms with Crippen LogP contribution < -0.4 is 11.3 Å². The van der Waals surface area contributed by atoms with Crippen LogP contribution in [-0.2, 0) is 4.74 Å². The molecule has 2 aromatic heterocycles. The Morgan fingerprint density at radius 2 is 1.95 bits per heavy atom. The number of aromatic nitrogens is 2. The Kier molecular flexibility index (Phi) is 8.45. The van der Waals surface area contributed by atoms with Gasteiger partial charge in [-0.1, -0.05) is 27.7 Å². The maximum absolute atomic E-state index is 11.6.